The Morgan fingerprint density at radius 2 is 1.90 bits per heavy atom. The van der Waals surface area contributed by atoms with Crippen molar-refractivity contribution < 1.29 is 4.74 Å². The molecule has 2 aromatic rings. The summed E-state index contributed by atoms with van der Waals surface area (Å²) in [6, 6.07) is 15.5. The molecule has 1 N–H and O–H groups in total. The highest BCUT2D eigenvalue weighted by atomic mass is 32.2. The Morgan fingerprint density at radius 1 is 1.19 bits per heavy atom. The van der Waals surface area contributed by atoms with Crippen molar-refractivity contribution in [3.63, 3.8) is 0 Å². The van der Waals surface area contributed by atoms with Crippen molar-refractivity contribution in [3.05, 3.63) is 59.7 Å². The summed E-state index contributed by atoms with van der Waals surface area (Å²) in [4.78, 5) is 5.34. The quantitative estimate of drug-likeness (QED) is 0.408. The SMILES string of the molecule is COc1cccc(C(=N)N=C([SH2+])Sc2ccc(C)cc2)c1. The number of benzene rings is 2. The predicted molar refractivity (Wildman–Crippen MR) is 94.4 cm³/mol. The summed E-state index contributed by atoms with van der Waals surface area (Å²) in [5, 5.41) is 8.04. The maximum Gasteiger partial charge on any atom is 0.284 e. The van der Waals surface area contributed by atoms with Crippen molar-refractivity contribution in [2.24, 2.45) is 4.99 Å². The molecule has 108 valence electrons. The highest BCUT2D eigenvalue weighted by molar-refractivity contribution is 8.27. The van der Waals surface area contributed by atoms with Crippen LogP contribution in [0.4, 0.5) is 0 Å². The second kappa shape index (κ2) is 7.33. The van der Waals surface area contributed by atoms with Crippen molar-refractivity contribution in [2.75, 3.05) is 7.11 Å². The van der Waals surface area contributed by atoms with Crippen molar-refractivity contribution in [3.8, 4) is 5.75 Å². The van der Waals surface area contributed by atoms with Gasteiger partial charge in [-0.3, -0.25) is 5.41 Å². The van der Waals surface area contributed by atoms with Gasteiger partial charge < -0.3 is 4.74 Å². The highest BCUT2D eigenvalue weighted by Crippen LogP contribution is 2.20. The average molecular weight is 317 g/mol. The molecule has 0 aliphatic carbocycles. The fourth-order valence-corrected chi connectivity index (χ4v) is 2.77. The van der Waals surface area contributed by atoms with Crippen LogP contribution in [0.3, 0.4) is 0 Å². The Bertz CT molecular complexity index is 666. The first-order valence-electron chi connectivity index (χ1n) is 6.36. The zero-order chi connectivity index (χ0) is 15.2. The first-order valence-corrected chi connectivity index (χ1v) is 7.68. The van der Waals surface area contributed by atoms with E-state index in [2.05, 4.69) is 36.7 Å². The molecule has 0 amide bonds. The zero-order valence-corrected chi connectivity index (χ0v) is 13.7. The third-order valence-electron chi connectivity index (χ3n) is 2.79. The number of amidine groups is 1. The summed E-state index contributed by atoms with van der Waals surface area (Å²) in [5.41, 5.74) is 1.94. The highest BCUT2D eigenvalue weighted by Gasteiger charge is 2.08. The fourth-order valence-electron chi connectivity index (χ4n) is 1.68. The van der Waals surface area contributed by atoms with Crippen LogP contribution in [0.15, 0.2) is 58.4 Å². The molecule has 0 fully saturated rings. The normalized spacial score (nSPS) is 11.3. The Kier molecular flexibility index (Phi) is 5.47. The Labute approximate surface area is 134 Å². The number of hydrogen-bond donors (Lipinski definition) is 1. The van der Waals surface area contributed by atoms with Gasteiger partial charge in [0.15, 0.2) is 5.84 Å². The van der Waals surface area contributed by atoms with Crippen LogP contribution in [0.5, 0.6) is 5.75 Å². The molecule has 0 aliphatic rings. The minimum Gasteiger partial charge on any atom is -0.497 e. The molecule has 3 nitrogen and oxygen atoms in total. The smallest absolute Gasteiger partial charge is 0.284 e. The number of nitrogens with zero attached hydrogens (tertiary/aromatic N) is 1. The largest absolute Gasteiger partial charge is 0.497 e. The number of aliphatic imine (C=N–C) groups is 1. The van der Waals surface area contributed by atoms with Crippen molar-refractivity contribution in [1.82, 2.24) is 0 Å². The molecular formula is C16H17N2OS2+. The summed E-state index contributed by atoms with van der Waals surface area (Å²) in [6.45, 7) is 2.05. The van der Waals surface area contributed by atoms with E-state index in [0.29, 0.717) is 10.1 Å². The molecule has 0 heterocycles. The molecule has 0 aliphatic heterocycles. The molecule has 0 aromatic heterocycles. The van der Waals surface area contributed by atoms with Crippen LogP contribution in [-0.4, -0.2) is 17.3 Å². The van der Waals surface area contributed by atoms with Gasteiger partial charge >= 0.3 is 0 Å². The van der Waals surface area contributed by atoms with Crippen molar-refractivity contribution in [1.29, 1.82) is 5.41 Å². The van der Waals surface area contributed by atoms with Crippen LogP contribution in [0.2, 0.25) is 0 Å². The third kappa shape index (κ3) is 4.65. The maximum atomic E-state index is 8.04. The molecule has 21 heavy (non-hydrogen) atoms. The lowest BCUT2D eigenvalue weighted by molar-refractivity contribution is 0.414. The van der Waals surface area contributed by atoms with Crippen molar-refractivity contribution >= 4 is 34.6 Å². The zero-order valence-electron chi connectivity index (χ0n) is 11.9. The van der Waals surface area contributed by atoms with Gasteiger partial charge in [-0.05, 0) is 43.0 Å². The molecular weight excluding hydrogens is 300 g/mol. The van der Waals surface area contributed by atoms with Gasteiger partial charge in [0.05, 0.1) is 7.11 Å². The average Bonchev–Trinajstić information content (AvgIpc) is 2.49. The Hall–Kier alpha value is -1.72. The topological polar surface area (TPSA) is 45.4 Å². The van der Waals surface area contributed by atoms with Crippen LogP contribution >= 0.6 is 11.8 Å². The van der Waals surface area contributed by atoms with Crippen LogP contribution < -0.4 is 4.74 Å². The molecule has 0 bridgehead atoms. The van der Waals surface area contributed by atoms with Crippen molar-refractivity contribution in [2.45, 2.75) is 11.8 Å². The van der Waals surface area contributed by atoms with Gasteiger partial charge in [0, 0.05) is 23.1 Å². The van der Waals surface area contributed by atoms with Gasteiger partial charge in [0.1, 0.15) is 5.75 Å². The van der Waals surface area contributed by atoms with Gasteiger partial charge in [-0.25, -0.2) is 0 Å². The molecule has 0 saturated heterocycles. The van der Waals surface area contributed by atoms with Crippen LogP contribution in [-0.2, 0) is 12.6 Å². The van der Waals surface area contributed by atoms with E-state index in [9.17, 15) is 0 Å². The summed E-state index contributed by atoms with van der Waals surface area (Å²) in [6.07, 6.45) is 0. The number of thioether (sulfide) groups is 1. The first-order chi connectivity index (χ1) is 10.1. The number of rotatable bonds is 3. The lowest BCUT2D eigenvalue weighted by Gasteiger charge is -2.02. The van der Waals surface area contributed by atoms with Gasteiger partial charge in [0.25, 0.3) is 4.38 Å². The van der Waals surface area contributed by atoms with E-state index in [1.54, 1.807) is 13.2 Å². The lowest BCUT2D eigenvalue weighted by atomic mass is 10.2. The minimum atomic E-state index is 0.193. The van der Waals surface area contributed by atoms with Crippen LogP contribution in [0.25, 0.3) is 0 Å². The number of methoxy groups -OCH3 is 1. The molecule has 0 atom stereocenters. The standard InChI is InChI=1S/C16H16N2OS2/c1-11-6-8-14(9-7-11)21-16(20)18-15(17)12-4-3-5-13(10-12)19-2/h3-10H,1-2H3,(H2,17,18,20)/p+1. The maximum absolute atomic E-state index is 8.04. The van der Waals surface area contributed by atoms with Gasteiger partial charge in [0.2, 0.25) is 0 Å². The fraction of sp³-hybridized carbons (Fsp3) is 0.125. The second-order valence-electron chi connectivity index (χ2n) is 4.41. The van der Waals surface area contributed by atoms with Gasteiger partial charge in [-0.15, -0.1) is 0 Å². The number of aryl methyl sites for hydroxylation is 1. The number of ether oxygens (including phenoxy) is 1. The molecule has 0 saturated carbocycles. The minimum absolute atomic E-state index is 0.193. The summed E-state index contributed by atoms with van der Waals surface area (Å²) in [5.74, 6) is 0.910. The molecule has 2 aromatic carbocycles. The van der Waals surface area contributed by atoms with Crippen LogP contribution in [0, 0.1) is 12.3 Å². The van der Waals surface area contributed by atoms with E-state index in [4.69, 9.17) is 10.1 Å². The molecule has 0 radical (unpaired) electrons. The van der Waals surface area contributed by atoms with E-state index in [-0.39, 0.29) is 5.84 Å². The van der Waals surface area contributed by atoms with E-state index in [0.717, 1.165) is 10.5 Å². The summed E-state index contributed by atoms with van der Waals surface area (Å²) >= 11 is 4.94. The number of hydrogen-bond acceptors (Lipinski definition) is 3. The molecule has 0 unspecified atom stereocenters. The lowest BCUT2D eigenvalue weighted by Crippen LogP contribution is -1.99. The molecule has 0 spiro atoms. The Balaban J connectivity index is 2.10. The molecule has 2 rings (SSSR count). The van der Waals surface area contributed by atoms with E-state index < -0.39 is 0 Å². The van der Waals surface area contributed by atoms with Gasteiger partial charge in [-0.2, -0.15) is 4.99 Å². The molecule has 5 heteroatoms. The summed E-state index contributed by atoms with van der Waals surface area (Å²) in [7, 11) is 1.61. The van der Waals surface area contributed by atoms with E-state index in [1.807, 2.05) is 30.3 Å². The van der Waals surface area contributed by atoms with E-state index in [1.165, 1.54) is 17.3 Å². The first kappa shape index (κ1) is 15.7. The Morgan fingerprint density at radius 3 is 2.57 bits per heavy atom. The van der Waals surface area contributed by atoms with E-state index >= 15 is 0 Å². The van der Waals surface area contributed by atoms with Gasteiger partial charge in [-0.1, -0.05) is 29.8 Å². The number of nitrogens with one attached hydrogen (secondary N) is 1. The second-order valence-corrected chi connectivity index (χ2v) is 6.31. The third-order valence-corrected chi connectivity index (χ3v) is 4.00. The monoisotopic (exact) mass is 317 g/mol. The summed E-state index contributed by atoms with van der Waals surface area (Å²) < 4.78 is 5.80. The van der Waals surface area contributed by atoms with Crippen LogP contribution in [0.1, 0.15) is 11.1 Å². The predicted octanol–water partition coefficient (Wildman–Crippen LogP) is 3.49.